The second-order valence-electron chi connectivity index (χ2n) is 7.63. The Hall–Kier alpha value is -3.70. The van der Waals surface area contributed by atoms with Crippen LogP contribution in [0.2, 0.25) is 0 Å². The Balaban J connectivity index is 1.42. The number of hydrogen-bond acceptors (Lipinski definition) is 6. The predicted octanol–water partition coefficient (Wildman–Crippen LogP) is 4.37. The van der Waals surface area contributed by atoms with Crippen LogP contribution in [0, 0.1) is 11.3 Å². The number of thiophene rings is 1. The third-order valence-corrected chi connectivity index (χ3v) is 6.19. The van der Waals surface area contributed by atoms with Crippen LogP contribution in [0.1, 0.15) is 34.3 Å². The van der Waals surface area contributed by atoms with Gasteiger partial charge >= 0.3 is 0 Å². The maximum Gasteiger partial charge on any atom is 0.254 e. The average Bonchev–Trinajstić information content (AvgIpc) is 3.27. The van der Waals surface area contributed by atoms with Gasteiger partial charge in [-0.15, -0.1) is 11.3 Å². The molecule has 4 aromatic rings. The second-order valence-corrected chi connectivity index (χ2v) is 8.54. The lowest BCUT2D eigenvalue weighted by molar-refractivity contribution is 0.0785. The molecule has 8 heteroatoms. The predicted molar refractivity (Wildman–Crippen MR) is 118 cm³/mol. The summed E-state index contributed by atoms with van der Waals surface area (Å²) in [6.45, 7) is 0.405. The number of nitrogens with zero attached hydrogens (tertiary/aromatic N) is 4. The third-order valence-electron chi connectivity index (χ3n) is 5.23. The van der Waals surface area contributed by atoms with Gasteiger partial charge in [-0.2, -0.15) is 10.4 Å². The molecule has 7 nitrogen and oxygen atoms in total. The summed E-state index contributed by atoms with van der Waals surface area (Å²) in [5.41, 5.74) is 3.87. The van der Waals surface area contributed by atoms with Gasteiger partial charge < -0.3 is 9.64 Å². The Kier molecular flexibility index (Phi) is 4.88. The topological polar surface area (TPSA) is 94.9 Å². The van der Waals surface area contributed by atoms with E-state index < -0.39 is 0 Å². The third kappa shape index (κ3) is 3.88. The number of aromatic amines is 1. The van der Waals surface area contributed by atoms with Gasteiger partial charge in [0.15, 0.2) is 0 Å². The Morgan fingerprint density at radius 2 is 2.19 bits per heavy atom. The lowest BCUT2D eigenvalue weighted by Crippen LogP contribution is -2.26. The van der Waals surface area contributed by atoms with Crippen LogP contribution >= 0.6 is 11.3 Å². The van der Waals surface area contributed by atoms with Crippen LogP contribution in [0.3, 0.4) is 0 Å². The van der Waals surface area contributed by atoms with Gasteiger partial charge in [-0.25, -0.2) is 0 Å². The summed E-state index contributed by atoms with van der Waals surface area (Å²) in [7, 11) is 1.77. The molecule has 0 spiro atoms. The quantitative estimate of drug-likeness (QED) is 0.491. The van der Waals surface area contributed by atoms with E-state index in [0.717, 1.165) is 39.7 Å². The van der Waals surface area contributed by atoms with E-state index in [2.05, 4.69) is 21.3 Å². The molecule has 0 unspecified atom stereocenters. The molecule has 1 aliphatic carbocycles. The van der Waals surface area contributed by atoms with Crippen LogP contribution in [-0.4, -0.2) is 39.1 Å². The molecule has 1 aliphatic rings. The smallest absolute Gasteiger partial charge is 0.254 e. The fourth-order valence-corrected chi connectivity index (χ4v) is 4.31. The highest BCUT2D eigenvalue weighted by atomic mass is 32.1. The molecule has 0 radical (unpaired) electrons. The van der Waals surface area contributed by atoms with Gasteiger partial charge in [-0.3, -0.25) is 14.9 Å². The second kappa shape index (κ2) is 7.85. The van der Waals surface area contributed by atoms with Gasteiger partial charge in [0.1, 0.15) is 11.8 Å². The molecular weight excluding hydrogens is 410 g/mol. The van der Waals surface area contributed by atoms with Crippen molar-refractivity contribution >= 4 is 28.1 Å². The molecule has 154 valence electrons. The summed E-state index contributed by atoms with van der Waals surface area (Å²) in [5.74, 6) is 0.582. The first kappa shape index (κ1) is 19.3. The lowest BCUT2D eigenvalue weighted by atomic mass is 10.1. The summed E-state index contributed by atoms with van der Waals surface area (Å²) >= 11 is 1.50. The fraction of sp³-hybridized carbons (Fsp3) is 0.217. The Morgan fingerprint density at radius 3 is 2.97 bits per heavy atom. The summed E-state index contributed by atoms with van der Waals surface area (Å²) in [4.78, 5) is 20.0. The van der Waals surface area contributed by atoms with Crippen molar-refractivity contribution in [2.24, 2.45) is 0 Å². The van der Waals surface area contributed by atoms with E-state index in [4.69, 9.17) is 10.00 Å². The first-order valence-corrected chi connectivity index (χ1v) is 10.8. The standard InChI is InChI=1S/C23H19N5O2S/c1-28(12-17-10-25-9-16-11-26-27-22(16)17)23(29)15-2-5-19(20(7-15)30-18-3-4-18)21-6-14(8-24)13-31-21/h2,5-7,9-11,13,18H,3-4,12H2,1H3,(H,26,27). The van der Waals surface area contributed by atoms with Crippen LogP contribution in [0.4, 0.5) is 0 Å². The molecule has 0 atom stereocenters. The van der Waals surface area contributed by atoms with Crippen molar-refractivity contribution < 1.29 is 9.53 Å². The van der Waals surface area contributed by atoms with Crippen molar-refractivity contribution in [1.29, 1.82) is 5.26 Å². The molecule has 1 aromatic carbocycles. The molecule has 1 N–H and O–H groups in total. The Morgan fingerprint density at radius 1 is 1.32 bits per heavy atom. The van der Waals surface area contributed by atoms with Crippen molar-refractivity contribution in [2.75, 3.05) is 7.05 Å². The maximum absolute atomic E-state index is 13.2. The molecule has 0 aliphatic heterocycles. The van der Waals surface area contributed by atoms with Crippen molar-refractivity contribution in [3.8, 4) is 22.3 Å². The van der Waals surface area contributed by atoms with Gasteiger partial charge in [-0.05, 0) is 37.1 Å². The summed E-state index contributed by atoms with van der Waals surface area (Å²) in [5, 5.41) is 18.9. The van der Waals surface area contributed by atoms with Crippen molar-refractivity contribution in [2.45, 2.75) is 25.5 Å². The number of rotatable bonds is 6. The number of carbonyl (C=O) groups excluding carboxylic acids is 1. The number of benzene rings is 1. The van der Waals surface area contributed by atoms with E-state index in [0.29, 0.717) is 23.4 Å². The number of aromatic nitrogens is 3. The summed E-state index contributed by atoms with van der Waals surface area (Å²) in [6.07, 6.45) is 7.45. The Bertz CT molecular complexity index is 1320. The zero-order chi connectivity index (χ0) is 21.4. The number of H-pyrrole nitrogens is 1. The lowest BCUT2D eigenvalue weighted by Gasteiger charge is -2.19. The SMILES string of the molecule is CN(Cc1cncc2cn[nH]c12)C(=O)c1ccc(-c2cc(C#N)cs2)c(OC2CC2)c1. The van der Waals surface area contributed by atoms with Crippen LogP contribution < -0.4 is 4.74 Å². The minimum absolute atomic E-state index is 0.104. The van der Waals surface area contributed by atoms with Crippen LogP contribution in [0.25, 0.3) is 21.3 Å². The highest BCUT2D eigenvalue weighted by Crippen LogP contribution is 2.38. The normalized spacial score (nSPS) is 13.2. The van der Waals surface area contributed by atoms with E-state index >= 15 is 0 Å². The zero-order valence-electron chi connectivity index (χ0n) is 16.8. The first-order valence-electron chi connectivity index (χ1n) is 9.93. The molecular formula is C23H19N5O2S. The molecule has 3 heterocycles. The molecule has 3 aromatic heterocycles. The van der Waals surface area contributed by atoms with Gasteiger partial charge in [0.25, 0.3) is 5.91 Å². The van der Waals surface area contributed by atoms with Crippen LogP contribution in [0.15, 0.2) is 48.2 Å². The fourth-order valence-electron chi connectivity index (χ4n) is 3.45. The number of fused-ring (bicyclic) bond motifs is 1. The van der Waals surface area contributed by atoms with Gasteiger partial charge in [-0.1, -0.05) is 0 Å². The molecule has 1 fully saturated rings. The van der Waals surface area contributed by atoms with Gasteiger partial charge in [0.2, 0.25) is 0 Å². The minimum Gasteiger partial charge on any atom is -0.490 e. The van der Waals surface area contributed by atoms with Crippen molar-refractivity contribution in [1.82, 2.24) is 20.1 Å². The van der Waals surface area contributed by atoms with Crippen molar-refractivity contribution in [3.05, 3.63) is 64.9 Å². The molecule has 0 saturated heterocycles. The highest BCUT2D eigenvalue weighted by Gasteiger charge is 2.26. The zero-order valence-corrected chi connectivity index (χ0v) is 17.6. The summed E-state index contributed by atoms with van der Waals surface area (Å²) in [6, 6.07) is 9.55. The molecule has 31 heavy (non-hydrogen) atoms. The number of amides is 1. The van der Waals surface area contributed by atoms with Gasteiger partial charge in [0, 0.05) is 58.3 Å². The molecule has 0 bridgehead atoms. The molecule has 1 saturated carbocycles. The number of nitrogens with one attached hydrogen (secondary N) is 1. The van der Waals surface area contributed by atoms with Crippen LogP contribution in [-0.2, 0) is 6.54 Å². The number of carbonyl (C=O) groups is 1. The average molecular weight is 430 g/mol. The number of pyridine rings is 1. The van der Waals surface area contributed by atoms with E-state index in [-0.39, 0.29) is 12.0 Å². The van der Waals surface area contributed by atoms with Crippen molar-refractivity contribution in [3.63, 3.8) is 0 Å². The van der Waals surface area contributed by atoms with Gasteiger partial charge in [0.05, 0.1) is 23.4 Å². The minimum atomic E-state index is -0.104. The monoisotopic (exact) mass is 429 g/mol. The molecule has 5 rings (SSSR count). The first-order chi connectivity index (χ1) is 15.1. The largest absolute Gasteiger partial charge is 0.490 e. The van der Waals surface area contributed by atoms with Crippen LogP contribution in [0.5, 0.6) is 5.75 Å². The summed E-state index contributed by atoms with van der Waals surface area (Å²) < 4.78 is 6.12. The van der Waals surface area contributed by atoms with E-state index in [1.807, 2.05) is 29.6 Å². The molecule has 1 amide bonds. The van der Waals surface area contributed by atoms with E-state index in [1.165, 1.54) is 11.3 Å². The van der Waals surface area contributed by atoms with E-state index in [1.54, 1.807) is 30.5 Å². The maximum atomic E-state index is 13.2. The number of hydrogen-bond donors (Lipinski definition) is 1. The Labute approximate surface area is 182 Å². The highest BCUT2D eigenvalue weighted by molar-refractivity contribution is 7.13. The number of nitriles is 1. The van der Waals surface area contributed by atoms with E-state index in [9.17, 15) is 4.79 Å². The number of ether oxygens (including phenoxy) is 1.